The van der Waals surface area contributed by atoms with Gasteiger partial charge in [-0.1, -0.05) is 12.1 Å². The van der Waals surface area contributed by atoms with Gasteiger partial charge in [-0.3, -0.25) is 9.59 Å². The number of nitrogens with one attached hydrogen (secondary N) is 2. The Bertz CT molecular complexity index is 739. The molecule has 0 aliphatic carbocycles. The minimum atomic E-state index is -0.695. The molecule has 2 rings (SSSR count). The average molecular weight is 311 g/mol. The van der Waals surface area contributed by atoms with Crippen molar-refractivity contribution in [1.82, 2.24) is 0 Å². The molecule has 2 aromatic rings. The molecule has 0 fully saturated rings. The minimum absolute atomic E-state index is 0.580. The molecule has 0 radical (unpaired) electrons. The van der Waals surface area contributed by atoms with E-state index in [0.717, 1.165) is 16.8 Å². The Balaban J connectivity index is 2.04. The Kier molecular flexibility index (Phi) is 5.01. The molecule has 0 atom stereocenters. The van der Waals surface area contributed by atoms with Crippen molar-refractivity contribution in [3.63, 3.8) is 0 Å². The third kappa shape index (κ3) is 4.32. The standard InChI is InChI=1S/C18H21N3O2/c1-12-8-9-15(10-13(12)2)20-18(23)17(22)19-14-6-5-7-16(11-14)21(3)4/h5-11H,1-4H3,(H,19,22)(H,20,23). The molecule has 5 nitrogen and oxygen atoms in total. The Hall–Kier alpha value is -2.82. The van der Waals surface area contributed by atoms with E-state index >= 15 is 0 Å². The van der Waals surface area contributed by atoms with Crippen LogP contribution in [0.1, 0.15) is 11.1 Å². The number of carbonyl (C=O) groups is 2. The van der Waals surface area contributed by atoms with Crippen LogP contribution in [0.5, 0.6) is 0 Å². The molecule has 0 aromatic heterocycles. The van der Waals surface area contributed by atoms with Crippen LogP contribution in [0.3, 0.4) is 0 Å². The van der Waals surface area contributed by atoms with Crippen molar-refractivity contribution in [2.45, 2.75) is 13.8 Å². The number of amides is 2. The number of benzene rings is 2. The second kappa shape index (κ2) is 6.96. The fourth-order valence-electron chi connectivity index (χ4n) is 2.06. The van der Waals surface area contributed by atoms with Crippen LogP contribution >= 0.6 is 0 Å². The van der Waals surface area contributed by atoms with Crippen molar-refractivity contribution >= 4 is 28.9 Å². The van der Waals surface area contributed by atoms with Gasteiger partial charge in [0.05, 0.1) is 0 Å². The van der Waals surface area contributed by atoms with E-state index in [2.05, 4.69) is 10.6 Å². The smallest absolute Gasteiger partial charge is 0.314 e. The first-order valence-corrected chi connectivity index (χ1v) is 7.34. The number of hydrogen-bond acceptors (Lipinski definition) is 3. The molecular formula is C18H21N3O2. The Morgan fingerprint density at radius 3 is 2.00 bits per heavy atom. The summed E-state index contributed by atoms with van der Waals surface area (Å²) in [6, 6.07) is 12.8. The number of aryl methyl sites for hydroxylation is 2. The number of carbonyl (C=O) groups excluding carboxylic acids is 2. The third-order valence-electron chi connectivity index (χ3n) is 3.59. The number of rotatable bonds is 3. The monoisotopic (exact) mass is 311 g/mol. The van der Waals surface area contributed by atoms with E-state index in [1.807, 2.05) is 57.1 Å². The van der Waals surface area contributed by atoms with Crippen LogP contribution in [-0.4, -0.2) is 25.9 Å². The maximum Gasteiger partial charge on any atom is 0.314 e. The maximum atomic E-state index is 12.0. The predicted molar refractivity (Wildman–Crippen MR) is 93.9 cm³/mol. The van der Waals surface area contributed by atoms with Crippen LogP contribution in [0.15, 0.2) is 42.5 Å². The van der Waals surface area contributed by atoms with E-state index in [1.165, 1.54) is 0 Å². The molecule has 0 spiro atoms. The first-order valence-electron chi connectivity index (χ1n) is 7.34. The molecule has 2 N–H and O–H groups in total. The number of nitrogens with zero attached hydrogens (tertiary/aromatic N) is 1. The summed E-state index contributed by atoms with van der Waals surface area (Å²) in [6.45, 7) is 3.95. The molecule has 2 amide bonds. The van der Waals surface area contributed by atoms with Crippen LogP contribution < -0.4 is 15.5 Å². The zero-order chi connectivity index (χ0) is 17.0. The van der Waals surface area contributed by atoms with Crippen LogP contribution in [0.25, 0.3) is 0 Å². The molecule has 0 unspecified atom stereocenters. The normalized spacial score (nSPS) is 10.1. The van der Waals surface area contributed by atoms with Gasteiger partial charge in [0, 0.05) is 31.2 Å². The molecule has 23 heavy (non-hydrogen) atoms. The van der Waals surface area contributed by atoms with E-state index in [0.29, 0.717) is 11.4 Å². The lowest BCUT2D eigenvalue weighted by atomic mass is 10.1. The SMILES string of the molecule is Cc1ccc(NC(=O)C(=O)Nc2cccc(N(C)C)c2)cc1C. The highest BCUT2D eigenvalue weighted by Gasteiger charge is 2.14. The first-order chi connectivity index (χ1) is 10.9. The Morgan fingerprint density at radius 2 is 1.43 bits per heavy atom. The zero-order valence-corrected chi connectivity index (χ0v) is 13.8. The molecule has 0 saturated heterocycles. The molecule has 0 heterocycles. The number of hydrogen-bond donors (Lipinski definition) is 2. The summed E-state index contributed by atoms with van der Waals surface area (Å²) in [5, 5.41) is 5.21. The highest BCUT2D eigenvalue weighted by molar-refractivity contribution is 6.43. The second-order valence-corrected chi connectivity index (χ2v) is 5.65. The predicted octanol–water partition coefficient (Wildman–Crippen LogP) is 2.95. The number of anilines is 3. The van der Waals surface area contributed by atoms with Crippen LogP contribution in [-0.2, 0) is 9.59 Å². The van der Waals surface area contributed by atoms with Gasteiger partial charge in [-0.25, -0.2) is 0 Å². The molecule has 5 heteroatoms. The molecule has 0 saturated carbocycles. The van der Waals surface area contributed by atoms with Gasteiger partial charge < -0.3 is 15.5 Å². The van der Waals surface area contributed by atoms with Gasteiger partial charge in [0.25, 0.3) is 0 Å². The lowest BCUT2D eigenvalue weighted by Gasteiger charge is -2.14. The average Bonchev–Trinajstić information content (AvgIpc) is 2.51. The van der Waals surface area contributed by atoms with Gasteiger partial charge in [-0.2, -0.15) is 0 Å². The Labute approximate surface area is 136 Å². The lowest BCUT2D eigenvalue weighted by Crippen LogP contribution is -2.29. The van der Waals surface area contributed by atoms with E-state index < -0.39 is 11.8 Å². The second-order valence-electron chi connectivity index (χ2n) is 5.65. The molecule has 0 aliphatic rings. The highest BCUT2D eigenvalue weighted by atomic mass is 16.2. The van der Waals surface area contributed by atoms with E-state index in [4.69, 9.17) is 0 Å². The van der Waals surface area contributed by atoms with Crippen LogP contribution in [0.4, 0.5) is 17.1 Å². The summed E-state index contributed by atoms with van der Waals surface area (Å²) in [5.41, 5.74) is 4.32. The van der Waals surface area contributed by atoms with Crippen LogP contribution in [0.2, 0.25) is 0 Å². The largest absolute Gasteiger partial charge is 0.378 e. The summed E-state index contributed by atoms with van der Waals surface area (Å²) < 4.78 is 0. The zero-order valence-electron chi connectivity index (χ0n) is 13.8. The highest BCUT2D eigenvalue weighted by Crippen LogP contribution is 2.18. The van der Waals surface area contributed by atoms with Gasteiger partial charge in [-0.05, 0) is 55.3 Å². The lowest BCUT2D eigenvalue weighted by molar-refractivity contribution is -0.132. The Morgan fingerprint density at radius 1 is 0.826 bits per heavy atom. The maximum absolute atomic E-state index is 12.0. The fraction of sp³-hybridized carbons (Fsp3) is 0.222. The van der Waals surface area contributed by atoms with Gasteiger partial charge in [0.15, 0.2) is 0 Å². The van der Waals surface area contributed by atoms with Gasteiger partial charge in [-0.15, -0.1) is 0 Å². The van der Waals surface area contributed by atoms with Gasteiger partial charge in [0.2, 0.25) is 0 Å². The van der Waals surface area contributed by atoms with Crippen molar-refractivity contribution in [1.29, 1.82) is 0 Å². The topological polar surface area (TPSA) is 61.4 Å². The molecule has 0 aliphatic heterocycles. The van der Waals surface area contributed by atoms with E-state index in [-0.39, 0.29) is 0 Å². The van der Waals surface area contributed by atoms with Crippen molar-refractivity contribution in [2.75, 3.05) is 29.6 Å². The summed E-state index contributed by atoms with van der Waals surface area (Å²) in [7, 11) is 3.82. The van der Waals surface area contributed by atoms with Crippen molar-refractivity contribution in [3.8, 4) is 0 Å². The summed E-state index contributed by atoms with van der Waals surface area (Å²) in [6.07, 6.45) is 0. The quantitative estimate of drug-likeness (QED) is 0.857. The summed E-state index contributed by atoms with van der Waals surface area (Å²) in [4.78, 5) is 25.9. The van der Waals surface area contributed by atoms with Crippen molar-refractivity contribution in [2.24, 2.45) is 0 Å². The summed E-state index contributed by atoms with van der Waals surface area (Å²) in [5.74, 6) is -1.39. The minimum Gasteiger partial charge on any atom is -0.378 e. The summed E-state index contributed by atoms with van der Waals surface area (Å²) >= 11 is 0. The molecule has 120 valence electrons. The first kappa shape index (κ1) is 16.5. The molecular weight excluding hydrogens is 290 g/mol. The molecule has 2 aromatic carbocycles. The van der Waals surface area contributed by atoms with Gasteiger partial charge in [0.1, 0.15) is 0 Å². The fourth-order valence-corrected chi connectivity index (χ4v) is 2.06. The van der Waals surface area contributed by atoms with E-state index in [9.17, 15) is 9.59 Å². The third-order valence-corrected chi connectivity index (χ3v) is 3.59. The van der Waals surface area contributed by atoms with Crippen molar-refractivity contribution in [3.05, 3.63) is 53.6 Å². The van der Waals surface area contributed by atoms with Crippen LogP contribution in [0, 0.1) is 13.8 Å². The molecule has 0 bridgehead atoms. The van der Waals surface area contributed by atoms with Crippen molar-refractivity contribution < 1.29 is 9.59 Å². The van der Waals surface area contributed by atoms with Gasteiger partial charge >= 0.3 is 11.8 Å². The van der Waals surface area contributed by atoms with E-state index in [1.54, 1.807) is 18.2 Å².